The molecule has 1 aliphatic carbocycles. The molecule has 4 aromatic rings. The zero-order valence-electron chi connectivity index (χ0n) is 20.8. The molecule has 1 saturated carbocycles. The van der Waals surface area contributed by atoms with Crippen molar-refractivity contribution in [3.8, 4) is 0 Å². The van der Waals surface area contributed by atoms with Gasteiger partial charge in [-0.1, -0.05) is 27.2 Å². The highest BCUT2D eigenvalue weighted by Gasteiger charge is 2.39. The topological polar surface area (TPSA) is 129 Å². The van der Waals surface area contributed by atoms with E-state index in [0.29, 0.717) is 43.8 Å². The van der Waals surface area contributed by atoms with Gasteiger partial charge in [-0.15, -0.1) is 5.10 Å². The summed E-state index contributed by atoms with van der Waals surface area (Å²) >= 11 is 3.50. The third-order valence-corrected chi connectivity index (χ3v) is 7.75. The van der Waals surface area contributed by atoms with Crippen molar-refractivity contribution in [3.63, 3.8) is 0 Å². The summed E-state index contributed by atoms with van der Waals surface area (Å²) in [7, 11) is 1.78. The molecule has 11 heteroatoms. The summed E-state index contributed by atoms with van der Waals surface area (Å²) in [6, 6.07) is 9.51. The monoisotopic (exact) mass is 565 g/mol. The molecule has 2 aromatic carbocycles. The van der Waals surface area contributed by atoms with Crippen molar-refractivity contribution in [1.29, 1.82) is 0 Å². The van der Waals surface area contributed by atoms with E-state index in [1.807, 2.05) is 13.8 Å². The summed E-state index contributed by atoms with van der Waals surface area (Å²) < 4.78 is 2.26. The highest BCUT2D eigenvalue weighted by molar-refractivity contribution is 9.10. The number of aliphatic hydroxyl groups excluding tert-OH is 1. The van der Waals surface area contributed by atoms with Crippen LogP contribution in [0.2, 0.25) is 0 Å². The van der Waals surface area contributed by atoms with Crippen LogP contribution < -0.4 is 10.2 Å². The maximum atomic E-state index is 14.4. The molecule has 1 fully saturated rings. The first-order chi connectivity index (χ1) is 17.8. The largest absolute Gasteiger partial charge is 0.392 e. The Morgan fingerprint density at radius 2 is 2.05 bits per heavy atom. The number of carbonyl (C=O) groups excluding carboxylic acids is 2. The minimum absolute atomic E-state index is 0.0650. The Morgan fingerprint density at radius 1 is 1.27 bits per heavy atom. The van der Waals surface area contributed by atoms with Gasteiger partial charge >= 0.3 is 0 Å². The van der Waals surface area contributed by atoms with E-state index in [1.165, 1.54) is 4.90 Å². The summed E-state index contributed by atoms with van der Waals surface area (Å²) in [4.78, 5) is 29.8. The number of aliphatic hydroxyl groups is 1. The smallest absolute Gasteiger partial charge is 0.259 e. The Kier molecular flexibility index (Phi) is 6.82. The van der Waals surface area contributed by atoms with Crippen LogP contribution in [0.25, 0.3) is 11.0 Å². The molecule has 1 atom stereocenters. The molecular formula is C26H28BrN7O3. The van der Waals surface area contributed by atoms with Crippen LogP contribution in [-0.2, 0) is 18.4 Å². The average molecular weight is 566 g/mol. The van der Waals surface area contributed by atoms with Gasteiger partial charge in [0.15, 0.2) is 0 Å². The molecule has 2 heterocycles. The number of rotatable bonds is 7. The molecule has 10 nitrogen and oxygen atoms in total. The molecule has 1 aliphatic rings. The van der Waals surface area contributed by atoms with Gasteiger partial charge in [0, 0.05) is 39.9 Å². The van der Waals surface area contributed by atoms with E-state index < -0.39 is 11.9 Å². The van der Waals surface area contributed by atoms with Crippen molar-refractivity contribution >= 4 is 44.5 Å². The molecule has 0 bridgehead atoms. The number of benzene rings is 2. The Morgan fingerprint density at radius 3 is 2.70 bits per heavy atom. The minimum Gasteiger partial charge on any atom is -0.392 e. The summed E-state index contributed by atoms with van der Waals surface area (Å²) in [5.74, 6) is -0.704. The van der Waals surface area contributed by atoms with Crippen LogP contribution in [0.3, 0.4) is 0 Å². The van der Waals surface area contributed by atoms with E-state index in [1.54, 1.807) is 48.1 Å². The normalized spacial score (nSPS) is 14.4. The Labute approximate surface area is 222 Å². The first-order valence-electron chi connectivity index (χ1n) is 12.1. The number of carbonyl (C=O) groups is 2. The van der Waals surface area contributed by atoms with Crippen LogP contribution in [0, 0.1) is 13.8 Å². The fourth-order valence-electron chi connectivity index (χ4n) is 4.78. The molecule has 2 amide bonds. The van der Waals surface area contributed by atoms with E-state index in [-0.39, 0.29) is 18.6 Å². The zero-order valence-corrected chi connectivity index (χ0v) is 22.4. The molecule has 0 radical (unpaired) electrons. The van der Waals surface area contributed by atoms with Crippen molar-refractivity contribution < 1.29 is 14.7 Å². The van der Waals surface area contributed by atoms with Crippen LogP contribution in [0.1, 0.15) is 58.2 Å². The van der Waals surface area contributed by atoms with E-state index in [9.17, 15) is 14.7 Å². The second-order valence-corrected chi connectivity index (χ2v) is 10.2. The third-order valence-electron chi connectivity index (χ3n) is 7.00. The number of H-pyrrole nitrogens is 1. The maximum Gasteiger partial charge on any atom is 0.259 e. The number of amides is 2. The summed E-state index contributed by atoms with van der Waals surface area (Å²) in [6.07, 6.45) is 2.86. The predicted octanol–water partition coefficient (Wildman–Crippen LogP) is 3.62. The molecule has 37 heavy (non-hydrogen) atoms. The molecular weight excluding hydrogens is 538 g/mol. The minimum atomic E-state index is -1.02. The van der Waals surface area contributed by atoms with Gasteiger partial charge in [-0.2, -0.15) is 5.10 Å². The number of hydrogen-bond acceptors (Lipinski definition) is 6. The molecule has 0 aliphatic heterocycles. The second kappa shape index (κ2) is 10.1. The summed E-state index contributed by atoms with van der Waals surface area (Å²) in [5.41, 5.74) is 4.54. The summed E-state index contributed by atoms with van der Waals surface area (Å²) in [5, 5.41) is 28.9. The van der Waals surface area contributed by atoms with Gasteiger partial charge in [0.25, 0.3) is 5.91 Å². The average Bonchev–Trinajstić information content (AvgIpc) is 3.40. The number of nitrogens with one attached hydrogen (secondary N) is 2. The lowest BCUT2D eigenvalue weighted by Gasteiger charge is -2.35. The number of nitrogens with zero attached hydrogens (tertiary/aromatic N) is 5. The number of halogens is 1. The van der Waals surface area contributed by atoms with Crippen LogP contribution in [0.5, 0.6) is 0 Å². The highest BCUT2D eigenvalue weighted by atomic mass is 79.9. The fourth-order valence-corrected chi connectivity index (χ4v) is 5.26. The predicted molar refractivity (Wildman–Crippen MR) is 142 cm³/mol. The Balaban J connectivity index is 1.71. The second-order valence-electron chi connectivity index (χ2n) is 9.37. The SMILES string of the molecule is Cc1n[nH]c(C)c1C(C(=O)NC1CCC1)N(C(=O)c1ccc2c(c1)nnn2C)c1cccc(Br)c1CO. The van der Waals surface area contributed by atoms with Crippen molar-refractivity contribution in [1.82, 2.24) is 30.5 Å². The number of anilines is 1. The highest BCUT2D eigenvalue weighted by Crippen LogP contribution is 2.37. The summed E-state index contributed by atoms with van der Waals surface area (Å²) in [6.45, 7) is 3.32. The third kappa shape index (κ3) is 4.53. The number of hydrogen-bond donors (Lipinski definition) is 3. The van der Waals surface area contributed by atoms with Gasteiger partial charge in [0.1, 0.15) is 11.6 Å². The van der Waals surface area contributed by atoms with Gasteiger partial charge in [0.2, 0.25) is 5.91 Å². The molecule has 2 aromatic heterocycles. The number of aromatic nitrogens is 5. The Bertz CT molecular complexity index is 1470. The van der Waals surface area contributed by atoms with Crippen molar-refractivity contribution in [2.24, 2.45) is 7.05 Å². The molecule has 1 unspecified atom stereocenters. The Hall–Kier alpha value is -3.57. The molecule has 5 rings (SSSR count). The molecule has 3 N–H and O–H groups in total. The van der Waals surface area contributed by atoms with Crippen molar-refractivity contribution in [2.75, 3.05) is 4.90 Å². The van der Waals surface area contributed by atoms with Crippen molar-refractivity contribution in [2.45, 2.75) is 51.8 Å². The fraction of sp³-hybridized carbons (Fsp3) is 0.346. The van der Waals surface area contributed by atoms with Gasteiger partial charge in [-0.25, -0.2) is 4.68 Å². The maximum absolute atomic E-state index is 14.4. The zero-order chi connectivity index (χ0) is 26.3. The van der Waals surface area contributed by atoms with Crippen LogP contribution in [0.4, 0.5) is 5.69 Å². The molecule has 0 spiro atoms. The van der Waals surface area contributed by atoms with E-state index in [4.69, 9.17) is 0 Å². The molecule has 0 saturated heterocycles. The lowest BCUT2D eigenvalue weighted by molar-refractivity contribution is -0.123. The van der Waals surface area contributed by atoms with E-state index >= 15 is 0 Å². The van der Waals surface area contributed by atoms with Gasteiger partial charge < -0.3 is 10.4 Å². The lowest BCUT2D eigenvalue weighted by atomic mass is 9.92. The van der Waals surface area contributed by atoms with Crippen molar-refractivity contribution in [3.05, 3.63) is 68.9 Å². The van der Waals surface area contributed by atoms with Gasteiger partial charge in [-0.3, -0.25) is 19.6 Å². The quantitative estimate of drug-likeness (QED) is 0.314. The lowest BCUT2D eigenvalue weighted by Crippen LogP contribution is -2.49. The number of fused-ring (bicyclic) bond motifs is 1. The first-order valence-corrected chi connectivity index (χ1v) is 12.9. The standard InChI is InChI=1S/C26H28BrN7O3/c1-14-23(15(2)30-29-14)24(25(36)28-17-6-4-7-17)34(21-9-5-8-19(27)18(21)13-35)26(37)16-10-11-22-20(12-16)31-32-33(22)3/h5,8-12,17,24,35H,4,6-7,13H2,1-3H3,(H,28,36)(H,29,30). The van der Waals surface area contributed by atoms with Gasteiger partial charge in [-0.05, 0) is 63.4 Å². The van der Waals surface area contributed by atoms with Crippen LogP contribution in [0.15, 0.2) is 40.9 Å². The number of aryl methyl sites for hydroxylation is 3. The van der Waals surface area contributed by atoms with Crippen LogP contribution in [-0.4, -0.2) is 48.2 Å². The van der Waals surface area contributed by atoms with Gasteiger partial charge in [0.05, 0.1) is 23.5 Å². The number of aromatic amines is 1. The molecule has 192 valence electrons. The van der Waals surface area contributed by atoms with E-state index in [2.05, 4.69) is 41.8 Å². The van der Waals surface area contributed by atoms with Crippen LogP contribution >= 0.6 is 15.9 Å². The first kappa shape index (κ1) is 25.1. The van der Waals surface area contributed by atoms with E-state index in [0.717, 1.165) is 24.8 Å².